The van der Waals surface area contributed by atoms with Crippen LogP contribution in [0.2, 0.25) is 0 Å². The molecule has 0 heterocycles. The average molecular weight is 284 g/mol. The van der Waals surface area contributed by atoms with Gasteiger partial charge < -0.3 is 19.9 Å². The van der Waals surface area contributed by atoms with Gasteiger partial charge in [-0.1, -0.05) is 13.8 Å². The Labute approximate surface area is 108 Å². The molecule has 0 aromatic heterocycles. The van der Waals surface area contributed by atoms with Crippen molar-refractivity contribution in [2.45, 2.75) is 31.8 Å². The van der Waals surface area contributed by atoms with Crippen LogP contribution >= 0.6 is 0 Å². The minimum Gasteiger partial charge on any atom is -0.746 e. The van der Waals surface area contributed by atoms with E-state index in [1.807, 2.05) is 13.8 Å². The van der Waals surface area contributed by atoms with E-state index in [-0.39, 0.29) is 19.7 Å². The van der Waals surface area contributed by atoms with Crippen LogP contribution in [0.5, 0.6) is 0 Å². The van der Waals surface area contributed by atoms with E-state index in [1.54, 1.807) is 4.90 Å². The first-order valence-corrected chi connectivity index (χ1v) is 7.29. The molecule has 7 nitrogen and oxygen atoms in total. The maximum Gasteiger partial charge on any atom is 0.170 e. The molecule has 2 atom stereocenters. The molecule has 2 unspecified atom stereocenters. The van der Waals surface area contributed by atoms with E-state index in [4.69, 9.17) is 10.2 Å². The fourth-order valence-electron chi connectivity index (χ4n) is 1.42. The Hall–Kier alpha value is -0.250. The summed E-state index contributed by atoms with van der Waals surface area (Å²) in [5, 5.41) is 27.4. The molecule has 0 spiro atoms. The maximum atomic E-state index is 10.5. The highest BCUT2D eigenvalue weighted by molar-refractivity contribution is 7.86. The van der Waals surface area contributed by atoms with Crippen LogP contribution in [0.1, 0.15) is 20.3 Å². The van der Waals surface area contributed by atoms with Gasteiger partial charge in [0.05, 0.1) is 6.61 Å². The molecule has 0 bridgehead atoms. The maximum absolute atomic E-state index is 10.5. The van der Waals surface area contributed by atoms with Gasteiger partial charge in [-0.25, -0.2) is 8.42 Å². The van der Waals surface area contributed by atoms with E-state index in [2.05, 4.69) is 0 Å². The van der Waals surface area contributed by atoms with E-state index in [0.29, 0.717) is 12.5 Å². The Morgan fingerprint density at radius 3 is 2.17 bits per heavy atom. The van der Waals surface area contributed by atoms with Crippen LogP contribution in [0.15, 0.2) is 0 Å². The predicted octanol–water partition coefficient (Wildman–Crippen LogP) is -1.45. The fourth-order valence-corrected chi connectivity index (χ4v) is 1.89. The van der Waals surface area contributed by atoms with Gasteiger partial charge in [0.2, 0.25) is 0 Å². The molecule has 18 heavy (non-hydrogen) atoms. The van der Waals surface area contributed by atoms with Gasteiger partial charge in [-0.2, -0.15) is 0 Å². The van der Waals surface area contributed by atoms with Gasteiger partial charge in [0, 0.05) is 13.1 Å². The number of rotatable bonds is 9. The van der Waals surface area contributed by atoms with Crippen molar-refractivity contribution in [2.75, 3.05) is 26.2 Å². The molecule has 8 heteroatoms. The summed E-state index contributed by atoms with van der Waals surface area (Å²) in [5.41, 5.74) is -2.34. The third-order valence-corrected chi connectivity index (χ3v) is 3.41. The van der Waals surface area contributed by atoms with Crippen LogP contribution in [-0.4, -0.2) is 71.0 Å². The molecule has 0 aliphatic heterocycles. The van der Waals surface area contributed by atoms with E-state index in [1.165, 1.54) is 0 Å². The minimum absolute atomic E-state index is 0.148. The first-order chi connectivity index (χ1) is 8.18. The molecule has 0 rings (SSSR count). The molecule has 0 aromatic carbocycles. The highest BCUT2D eigenvalue weighted by Gasteiger charge is 2.24. The van der Waals surface area contributed by atoms with Crippen molar-refractivity contribution in [2.24, 2.45) is 5.92 Å². The molecule has 0 amide bonds. The summed E-state index contributed by atoms with van der Waals surface area (Å²) in [5.74, 6) is 0.413. The van der Waals surface area contributed by atoms with Crippen molar-refractivity contribution in [1.82, 2.24) is 4.90 Å². The summed E-state index contributed by atoms with van der Waals surface area (Å²) in [6.45, 7) is 4.48. The van der Waals surface area contributed by atoms with Crippen molar-refractivity contribution >= 4 is 10.1 Å². The van der Waals surface area contributed by atoms with Gasteiger partial charge in [0.1, 0.15) is 16.2 Å². The lowest BCUT2D eigenvalue weighted by Crippen LogP contribution is -2.44. The van der Waals surface area contributed by atoms with Crippen molar-refractivity contribution in [3.8, 4) is 0 Å². The van der Waals surface area contributed by atoms with Gasteiger partial charge in [0.15, 0.2) is 5.44 Å². The normalized spacial score (nSPS) is 16.2. The molecule has 0 saturated heterocycles. The highest BCUT2D eigenvalue weighted by Crippen LogP contribution is 2.07. The number of hydrogen-bond acceptors (Lipinski definition) is 7. The van der Waals surface area contributed by atoms with E-state index < -0.39 is 21.7 Å². The molecule has 0 fully saturated rings. The first-order valence-electron chi connectivity index (χ1n) is 5.82. The van der Waals surface area contributed by atoms with E-state index in [0.717, 1.165) is 6.42 Å². The average Bonchev–Trinajstić information content (AvgIpc) is 2.23. The lowest BCUT2D eigenvalue weighted by atomic mass is 10.1. The van der Waals surface area contributed by atoms with Gasteiger partial charge in [-0.15, -0.1) is 0 Å². The summed E-state index contributed by atoms with van der Waals surface area (Å²) in [4.78, 5) is 1.61. The van der Waals surface area contributed by atoms with Crippen LogP contribution in [0.4, 0.5) is 0 Å². The second kappa shape index (κ2) is 8.03. The van der Waals surface area contributed by atoms with Gasteiger partial charge in [-0.3, -0.25) is 4.90 Å². The Morgan fingerprint density at radius 1 is 1.22 bits per heavy atom. The molecule has 0 aliphatic carbocycles. The molecule has 0 aromatic rings. The number of hydrogen-bond donors (Lipinski definition) is 3. The summed E-state index contributed by atoms with van der Waals surface area (Å²) < 4.78 is 31.6. The van der Waals surface area contributed by atoms with Crippen LogP contribution < -0.4 is 0 Å². The third kappa shape index (κ3) is 7.24. The quantitative estimate of drug-likeness (QED) is 0.443. The molecule has 0 radical (unpaired) electrons. The van der Waals surface area contributed by atoms with Crippen LogP contribution in [0.3, 0.4) is 0 Å². The Balaban J connectivity index is 4.39. The summed E-state index contributed by atoms with van der Waals surface area (Å²) in [6, 6.07) is 0. The molecular weight excluding hydrogens is 262 g/mol. The molecule has 3 N–H and O–H groups in total. The van der Waals surface area contributed by atoms with Crippen LogP contribution in [0, 0.1) is 5.92 Å². The summed E-state index contributed by atoms with van der Waals surface area (Å²) >= 11 is 0. The van der Waals surface area contributed by atoms with Crippen molar-refractivity contribution in [3.63, 3.8) is 0 Å². The fraction of sp³-hybridized carbons (Fsp3) is 1.00. The van der Waals surface area contributed by atoms with Gasteiger partial charge in [0.25, 0.3) is 0 Å². The first kappa shape index (κ1) is 17.8. The third-order valence-electron chi connectivity index (χ3n) is 2.51. The zero-order valence-corrected chi connectivity index (χ0v) is 11.5. The largest absolute Gasteiger partial charge is 0.746 e. The summed E-state index contributed by atoms with van der Waals surface area (Å²) in [7, 11) is -4.93. The number of nitrogens with zero attached hydrogens (tertiary/aromatic N) is 1. The Bertz CT molecular complexity index is 318. The van der Waals surface area contributed by atoms with E-state index >= 15 is 0 Å². The molecule has 0 saturated carbocycles. The van der Waals surface area contributed by atoms with Crippen molar-refractivity contribution in [3.05, 3.63) is 0 Å². The SMILES string of the molecule is CC(C)CCN(CCO)CC(O)C(O)S(=O)(=O)[O-]. The zero-order chi connectivity index (χ0) is 14.3. The zero-order valence-electron chi connectivity index (χ0n) is 10.7. The standard InChI is InChI=1S/C10H23NO6S/c1-8(2)3-4-11(5-6-12)7-9(13)10(14)18(15,16)17/h8-10,12-14H,3-7H2,1-2H3,(H,15,16,17)/p-1. The Morgan fingerprint density at radius 2 is 1.78 bits per heavy atom. The molecule has 110 valence electrons. The van der Waals surface area contributed by atoms with Crippen molar-refractivity contribution in [1.29, 1.82) is 0 Å². The van der Waals surface area contributed by atoms with Gasteiger partial charge in [-0.05, 0) is 18.9 Å². The van der Waals surface area contributed by atoms with Gasteiger partial charge >= 0.3 is 0 Å². The predicted molar refractivity (Wildman–Crippen MR) is 64.7 cm³/mol. The topological polar surface area (TPSA) is 121 Å². The lowest BCUT2D eigenvalue weighted by molar-refractivity contribution is 0.0283. The molecular formula is C10H22NO6S-. The van der Waals surface area contributed by atoms with Crippen molar-refractivity contribution < 1.29 is 28.3 Å². The second-order valence-electron chi connectivity index (χ2n) is 4.66. The number of aliphatic hydroxyl groups excluding tert-OH is 3. The lowest BCUT2D eigenvalue weighted by Gasteiger charge is -2.28. The van der Waals surface area contributed by atoms with E-state index in [9.17, 15) is 18.1 Å². The minimum atomic E-state index is -4.93. The monoisotopic (exact) mass is 284 g/mol. The number of aliphatic hydroxyl groups is 3. The summed E-state index contributed by atoms with van der Waals surface area (Å²) in [6.07, 6.45) is -0.876. The highest BCUT2D eigenvalue weighted by atomic mass is 32.2. The molecule has 0 aliphatic rings. The van der Waals surface area contributed by atoms with Crippen LogP contribution in [-0.2, 0) is 10.1 Å². The Kier molecular flexibility index (Phi) is 7.92. The second-order valence-corrected chi connectivity index (χ2v) is 6.13. The van der Waals surface area contributed by atoms with Crippen LogP contribution in [0.25, 0.3) is 0 Å². The smallest absolute Gasteiger partial charge is 0.170 e.